The molecule has 1 unspecified atom stereocenters. The maximum atomic E-state index is 13.4. The van der Waals surface area contributed by atoms with Crippen molar-refractivity contribution in [2.24, 2.45) is 5.92 Å². The molecule has 2 amide bonds. The zero-order valence-electron chi connectivity index (χ0n) is 18.7. The van der Waals surface area contributed by atoms with Gasteiger partial charge in [0.2, 0.25) is 11.8 Å². The Morgan fingerprint density at radius 1 is 1.06 bits per heavy atom. The highest BCUT2D eigenvalue weighted by Gasteiger charge is 2.44. The second-order valence-electron chi connectivity index (χ2n) is 9.58. The second kappa shape index (κ2) is 8.15. The lowest BCUT2D eigenvalue weighted by atomic mass is 9.92. The maximum Gasteiger partial charge on any atom is 0.251 e. The average molecular weight is 435 g/mol. The van der Waals surface area contributed by atoms with Gasteiger partial charge in [0.1, 0.15) is 6.04 Å². The number of rotatable bonds is 4. The first-order valence-corrected chi connectivity index (χ1v) is 11.6. The molecule has 0 saturated heterocycles. The van der Waals surface area contributed by atoms with Crippen LogP contribution in [0.2, 0.25) is 0 Å². The van der Waals surface area contributed by atoms with E-state index in [4.69, 9.17) is 9.47 Å². The van der Waals surface area contributed by atoms with Crippen LogP contribution in [0.15, 0.2) is 42.5 Å². The molecule has 1 aliphatic carbocycles. The number of hydrogen-bond acceptors (Lipinski definition) is 4. The number of anilines is 1. The average Bonchev–Trinajstić information content (AvgIpc) is 3.37. The highest BCUT2D eigenvalue weighted by molar-refractivity contribution is 5.98. The number of carbonyl (C=O) groups excluding carboxylic acids is 2. The minimum atomic E-state index is -0.539. The Labute approximate surface area is 188 Å². The molecule has 168 valence electrons. The van der Waals surface area contributed by atoms with Crippen molar-refractivity contribution in [3.63, 3.8) is 0 Å². The van der Waals surface area contributed by atoms with Gasteiger partial charge in [-0.2, -0.15) is 0 Å². The number of benzene rings is 2. The zero-order chi connectivity index (χ0) is 22.3. The van der Waals surface area contributed by atoms with Gasteiger partial charge in [-0.3, -0.25) is 9.59 Å². The van der Waals surface area contributed by atoms with Crippen LogP contribution in [-0.4, -0.2) is 28.5 Å². The molecule has 5 rings (SSSR count). The smallest absolute Gasteiger partial charge is 0.251 e. The van der Waals surface area contributed by atoms with Gasteiger partial charge in [0.05, 0.1) is 0 Å². The van der Waals surface area contributed by atoms with E-state index in [0.29, 0.717) is 30.8 Å². The number of carbonyl (C=O) groups is 2. The van der Waals surface area contributed by atoms with Crippen molar-refractivity contribution in [3.05, 3.63) is 53.6 Å². The van der Waals surface area contributed by atoms with Gasteiger partial charge in [0.25, 0.3) is 5.79 Å². The summed E-state index contributed by atoms with van der Waals surface area (Å²) in [6.07, 6.45) is 4.91. The van der Waals surface area contributed by atoms with Crippen LogP contribution in [0.1, 0.15) is 57.1 Å². The van der Waals surface area contributed by atoms with Crippen LogP contribution in [0.25, 0.3) is 0 Å². The summed E-state index contributed by atoms with van der Waals surface area (Å²) in [6, 6.07) is 13.0. The zero-order valence-corrected chi connectivity index (χ0v) is 18.7. The van der Waals surface area contributed by atoms with Gasteiger partial charge in [-0.1, -0.05) is 38.1 Å². The van der Waals surface area contributed by atoms with Crippen LogP contribution in [-0.2, 0) is 22.6 Å². The normalized spacial score (nSPS) is 20.5. The van der Waals surface area contributed by atoms with Crippen molar-refractivity contribution in [2.75, 3.05) is 5.32 Å². The van der Waals surface area contributed by atoms with E-state index in [0.717, 1.165) is 42.6 Å². The van der Waals surface area contributed by atoms with Gasteiger partial charge >= 0.3 is 0 Å². The number of hydrogen-bond donors (Lipinski definition) is 1. The highest BCUT2D eigenvalue weighted by Crippen LogP contribution is 2.47. The first kappa shape index (κ1) is 20.9. The van der Waals surface area contributed by atoms with E-state index in [2.05, 4.69) is 5.32 Å². The Hall–Kier alpha value is -3.02. The third-order valence-electron chi connectivity index (χ3n) is 6.62. The minimum Gasteiger partial charge on any atom is -0.448 e. The molecule has 1 atom stereocenters. The van der Waals surface area contributed by atoms with E-state index in [-0.39, 0.29) is 17.7 Å². The van der Waals surface area contributed by atoms with Gasteiger partial charge in [0.15, 0.2) is 11.5 Å². The van der Waals surface area contributed by atoms with Crippen molar-refractivity contribution in [3.8, 4) is 11.5 Å². The molecule has 0 aromatic heterocycles. The van der Waals surface area contributed by atoms with Gasteiger partial charge in [-0.05, 0) is 42.0 Å². The topological polar surface area (TPSA) is 67.9 Å². The Morgan fingerprint density at radius 2 is 1.78 bits per heavy atom. The van der Waals surface area contributed by atoms with Gasteiger partial charge < -0.3 is 19.7 Å². The summed E-state index contributed by atoms with van der Waals surface area (Å²) in [4.78, 5) is 28.1. The number of nitrogens with zero attached hydrogens (tertiary/aromatic N) is 1. The number of nitrogens with one attached hydrogen (secondary N) is 1. The van der Waals surface area contributed by atoms with Crippen LogP contribution < -0.4 is 14.8 Å². The maximum absolute atomic E-state index is 13.4. The number of fused-ring (bicyclic) bond motifs is 2. The summed E-state index contributed by atoms with van der Waals surface area (Å²) in [7, 11) is 0. The molecular weight excluding hydrogens is 404 g/mol. The molecule has 2 aliphatic heterocycles. The Morgan fingerprint density at radius 3 is 2.53 bits per heavy atom. The van der Waals surface area contributed by atoms with Crippen LogP contribution >= 0.6 is 0 Å². The van der Waals surface area contributed by atoms with E-state index in [9.17, 15) is 9.59 Å². The van der Waals surface area contributed by atoms with Crippen LogP contribution in [0.3, 0.4) is 0 Å². The lowest BCUT2D eigenvalue weighted by molar-refractivity contribution is -0.140. The second-order valence-corrected chi connectivity index (χ2v) is 9.58. The summed E-state index contributed by atoms with van der Waals surface area (Å²) >= 11 is 0. The Bertz CT molecular complexity index is 1040. The predicted octanol–water partition coefficient (Wildman–Crippen LogP) is 4.67. The summed E-state index contributed by atoms with van der Waals surface area (Å²) in [6.45, 7) is 4.51. The first-order valence-electron chi connectivity index (χ1n) is 11.6. The summed E-state index contributed by atoms with van der Waals surface area (Å²) < 4.78 is 12.2. The Balaban J connectivity index is 1.35. The summed E-state index contributed by atoms with van der Waals surface area (Å²) in [5.74, 6) is 0.948. The molecule has 2 aromatic carbocycles. The quantitative estimate of drug-likeness (QED) is 0.760. The minimum absolute atomic E-state index is 0.0171. The largest absolute Gasteiger partial charge is 0.448 e. The predicted molar refractivity (Wildman–Crippen MR) is 121 cm³/mol. The van der Waals surface area contributed by atoms with Gasteiger partial charge in [0, 0.05) is 44.0 Å². The summed E-state index contributed by atoms with van der Waals surface area (Å²) in [5.41, 5.74) is 2.89. The molecule has 1 fully saturated rings. The molecule has 2 aromatic rings. The van der Waals surface area contributed by atoms with Crippen LogP contribution in [0.4, 0.5) is 5.69 Å². The third kappa shape index (κ3) is 3.94. The third-order valence-corrected chi connectivity index (χ3v) is 6.62. The van der Waals surface area contributed by atoms with Crippen molar-refractivity contribution in [1.82, 2.24) is 4.90 Å². The van der Waals surface area contributed by atoms with Crippen LogP contribution in [0, 0.1) is 5.92 Å². The van der Waals surface area contributed by atoms with Gasteiger partial charge in [-0.25, -0.2) is 0 Å². The van der Waals surface area contributed by atoms with E-state index in [1.807, 2.05) is 56.3 Å². The molecule has 6 nitrogen and oxygen atoms in total. The molecule has 2 heterocycles. The molecule has 3 aliphatic rings. The molecule has 0 bridgehead atoms. The molecule has 1 N–H and O–H groups in total. The highest BCUT2D eigenvalue weighted by atomic mass is 16.7. The van der Waals surface area contributed by atoms with E-state index in [1.54, 1.807) is 4.90 Å². The molecular formula is C26H30N2O4. The lowest BCUT2D eigenvalue weighted by Crippen LogP contribution is -2.50. The fourth-order valence-electron chi connectivity index (χ4n) is 5.00. The number of amides is 2. The molecule has 32 heavy (non-hydrogen) atoms. The summed E-state index contributed by atoms with van der Waals surface area (Å²) in [5, 5.41) is 3.02. The fourth-order valence-corrected chi connectivity index (χ4v) is 5.00. The molecule has 0 radical (unpaired) electrons. The van der Waals surface area contributed by atoms with Crippen molar-refractivity contribution in [1.29, 1.82) is 0 Å². The standard InChI is InChI=1S/C26H30N2O4/c1-17(2)13-24(29)28-16-19-8-4-3-7-18(19)14-21(28)25(30)27-20-9-10-22-23(15-20)32-26(31-22)11-5-6-12-26/h3-4,7-10,15,17,21H,5-6,11-14,16H2,1-2H3,(H,27,30). The monoisotopic (exact) mass is 434 g/mol. The molecule has 6 heteroatoms. The number of ether oxygens (including phenoxy) is 2. The molecule has 1 saturated carbocycles. The SMILES string of the molecule is CC(C)CC(=O)N1Cc2ccccc2CC1C(=O)Nc1ccc2c(c1)OC1(CCCC1)O2. The lowest BCUT2D eigenvalue weighted by Gasteiger charge is -2.36. The van der Waals surface area contributed by atoms with E-state index < -0.39 is 11.8 Å². The van der Waals surface area contributed by atoms with Crippen molar-refractivity contribution >= 4 is 17.5 Å². The van der Waals surface area contributed by atoms with Crippen molar-refractivity contribution < 1.29 is 19.1 Å². The first-order chi connectivity index (χ1) is 15.4. The Kier molecular flexibility index (Phi) is 5.31. The van der Waals surface area contributed by atoms with E-state index >= 15 is 0 Å². The van der Waals surface area contributed by atoms with Gasteiger partial charge in [-0.15, -0.1) is 0 Å². The van der Waals surface area contributed by atoms with Crippen molar-refractivity contribution in [2.45, 2.75) is 70.7 Å². The van der Waals surface area contributed by atoms with Crippen LogP contribution in [0.5, 0.6) is 11.5 Å². The fraction of sp³-hybridized carbons (Fsp3) is 0.462. The van der Waals surface area contributed by atoms with E-state index in [1.165, 1.54) is 0 Å². The molecule has 1 spiro atoms.